The molecule has 1 N–H and O–H groups in total. The molecule has 0 fully saturated rings. The van der Waals surface area contributed by atoms with E-state index < -0.39 is 0 Å². The molecule has 128 valence electrons. The van der Waals surface area contributed by atoms with Crippen molar-refractivity contribution in [1.29, 1.82) is 0 Å². The third-order valence-corrected chi connectivity index (χ3v) is 4.17. The van der Waals surface area contributed by atoms with Gasteiger partial charge < -0.3 is 15.0 Å². The molecule has 0 spiro atoms. The van der Waals surface area contributed by atoms with Crippen LogP contribution in [0.5, 0.6) is 11.6 Å². The highest BCUT2D eigenvalue weighted by atomic mass is 32.1. The van der Waals surface area contributed by atoms with Gasteiger partial charge in [-0.25, -0.2) is 14.8 Å². The van der Waals surface area contributed by atoms with Crippen molar-refractivity contribution in [3.8, 4) is 11.6 Å². The molecule has 3 aromatic rings. The number of nitrogens with zero attached hydrogens (tertiary/aromatic N) is 4. The molecule has 25 heavy (non-hydrogen) atoms. The summed E-state index contributed by atoms with van der Waals surface area (Å²) in [5.41, 5.74) is 0.684. The summed E-state index contributed by atoms with van der Waals surface area (Å²) in [6, 6.07) is 6.88. The van der Waals surface area contributed by atoms with Crippen molar-refractivity contribution in [1.82, 2.24) is 19.9 Å². The van der Waals surface area contributed by atoms with E-state index in [0.717, 1.165) is 9.88 Å². The van der Waals surface area contributed by atoms with Crippen LogP contribution in [0.2, 0.25) is 0 Å². The Morgan fingerprint density at radius 3 is 2.64 bits per heavy atom. The normalized spacial score (nSPS) is 10.3. The molecule has 0 unspecified atom stereocenters. The Bertz CT molecular complexity index is 836. The second kappa shape index (κ2) is 7.71. The maximum Gasteiger partial charge on any atom is 0.321 e. The summed E-state index contributed by atoms with van der Waals surface area (Å²) >= 11 is 1.58. The lowest BCUT2D eigenvalue weighted by molar-refractivity contribution is 0.221. The zero-order valence-electron chi connectivity index (χ0n) is 13.8. The number of urea groups is 1. The number of carbonyl (C=O) groups is 1. The van der Waals surface area contributed by atoms with Gasteiger partial charge in [0.25, 0.3) is 0 Å². The number of aromatic nitrogens is 3. The van der Waals surface area contributed by atoms with Crippen molar-refractivity contribution in [2.24, 2.45) is 0 Å². The number of ether oxygens (including phenoxy) is 1. The molecule has 1 aromatic carbocycles. The fraction of sp³-hybridized carbons (Fsp3) is 0.176. The summed E-state index contributed by atoms with van der Waals surface area (Å²) in [7, 11) is 1.75. The summed E-state index contributed by atoms with van der Waals surface area (Å²) in [6.45, 7) is 2.46. The number of rotatable bonds is 5. The van der Waals surface area contributed by atoms with E-state index in [1.54, 1.807) is 66.1 Å². The molecule has 0 saturated heterocycles. The summed E-state index contributed by atoms with van der Waals surface area (Å²) in [5.74, 6) is 1.03. The van der Waals surface area contributed by atoms with Gasteiger partial charge in [0, 0.05) is 36.2 Å². The van der Waals surface area contributed by atoms with E-state index in [1.165, 1.54) is 6.20 Å². The van der Waals surface area contributed by atoms with Crippen molar-refractivity contribution in [3.05, 3.63) is 58.9 Å². The Kier molecular flexibility index (Phi) is 5.20. The summed E-state index contributed by atoms with van der Waals surface area (Å²) in [6.07, 6.45) is 6.47. The van der Waals surface area contributed by atoms with Crippen molar-refractivity contribution in [2.75, 3.05) is 12.4 Å². The Balaban J connectivity index is 1.56. The first-order valence-corrected chi connectivity index (χ1v) is 8.39. The molecule has 0 aliphatic carbocycles. The molecule has 0 aliphatic rings. The van der Waals surface area contributed by atoms with Crippen LogP contribution in [-0.2, 0) is 6.54 Å². The van der Waals surface area contributed by atoms with E-state index in [2.05, 4.69) is 20.3 Å². The highest BCUT2D eigenvalue weighted by Gasteiger charge is 2.11. The van der Waals surface area contributed by atoms with Crippen LogP contribution in [0.1, 0.15) is 9.88 Å². The molecule has 3 rings (SSSR count). The van der Waals surface area contributed by atoms with E-state index in [-0.39, 0.29) is 6.03 Å². The van der Waals surface area contributed by atoms with Crippen LogP contribution in [0.3, 0.4) is 0 Å². The number of benzene rings is 1. The summed E-state index contributed by atoms with van der Waals surface area (Å²) in [4.78, 5) is 27.1. The molecular weight excluding hydrogens is 338 g/mol. The van der Waals surface area contributed by atoms with Gasteiger partial charge in [0.05, 0.1) is 17.7 Å². The minimum atomic E-state index is -0.186. The molecule has 0 saturated carbocycles. The average Bonchev–Trinajstić information content (AvgIpc) is 3.02. The molecule has 0 bridgehead atoms. The lowest BCUT2D eigenvalue weighted by Gasteiger charge is -2.17. The minimum absolute atomic E-state index is 0.186. The lowest BCUT2D eigenvalue weighted by Crippen LogP contribution is -2.30. The predicted molar refractivity (Wildman–Crippen MR) is 95.9 cm³/mol. The Morgan fingerprint density at radius 1 is 1.20 bits per heavy atom. The predicted octanol–water partition coefficient (Wildman–Crippen LogP) is 3.70. The molecule has 0 radical (unpaired) electrons. The molecule has 2 amide bonds. The Morgan fingerprint density at radius 2 is 2.00 bits per heavy atom. The maximum absolute atomic E-state index is 12.2. The first-order valence-electron chi connectivity index (χ1n) is 7.57. The van der Waals surface area contributed by atoms with Gasteiger partial charge in [-0.05, 0) is 31.2 Å². The maximum atomic E-state index is 12.2. The van der Waals surface area contributed by atoms with E-state index in [9.17, 15) is 4.79 Å². The standard InChI is InChI=1S/C17H17N5O2S/c1-12-20-9-15(25-12)11-22(2)17(23)21-13-3-5-14(6-4-13)24-16-10-18-7-8-19-16/h3-10H,11H2,1-2H3,(H,21,23). The molecule has 0 aliphatic heterocycles. The largest absolute Gasteiger partial charge is 0.438 e. The van der Waals surface area contributed by atoms with Gasteiger partial charge in [-0.3, -0.25) is 4.98 Å². The summed E-state index contributed by atoms with van der Waals surface area (Å²) < 4.78 is 5.56. The second-order valence-electron chi connectivity index (χ2n) is 5.30. The van der Waals surface area contributed by atoms with E-state index in [4.69, 9.17) is 4.74 Å². The molecule has 7 nitrogen and oxygen atoms in total. The van der Waals surface area contributed by atoms with Crippen LogP contribution in [-0.4, -0.2) is 32.9 Å². The van der Waals surface area contributed by atoms with Crippen LogP contribution < -0.4 is 10.1 Å². The van der Waals surface area contributed by atoms with E-state index in [1.807, 2.05) is 6.92 Å². The average molecular weight is 355 g/mol. The second-order valence-corrected chi connectivity index (χ2v) is 6.62. The lowest BCUT2D eigenvalue weighted by atomic mass is 10.3. The first kappa shape index (κ1) is 16.8. The number of carbonyl (C=O) groups excluding carboxylic acids is 1. The Hall–Kier alpha value is -3.00. The number of hydrogen-bond donors (Lipinski definition) is 1. The number of hydrogen-bond acceptors (Lipinski definition) is 6. The number of aryl methyl sites for hydroxylation is 1. The number of anilines is 1. The van der Waals surface area contributed by atoms with Crippen LogP contribution in [0.15, 0.2) is 49.1 Å². The fourth-order valence-corrected chi connectivity index (χ4v) is 2.92. The van der Waals surface area contributed by atoms with Gasteiger partial charge in [-0.2, -0.15) is 0 Å². The monoisotopic (exact) mass is 355 g/mol. The van der Waals surface area contributed by atoms with Crippen molar-refractivity contribution >= 4 is 23.1 Å². The molecule has 8 heteroatoms. The number of nitrogens with one attached hydrogen (secondary N) is 1. The van der Waals surface area contributed by atoms with Crippen LogP contribution in [0.4, 0.5) is 10.5 Å². The minimum Gasteiger partial charge on any atom is -0.438 e. The third kappa shape index (κ3) is 4.74. The first-order chi connectivity index (χ1) is 12.1. The van der Waals surface area contributed by atoms with Gasteiger partial charge in [0.2, 0.25) is 5.88 Å². The van der Waals surface area contributed by atoms with E-state index >= 15 is 0 Å². The quantitative estimate of drug-likeness (QED) is 0.755. The number of thiazole rings is 1. The molecule has 2 aromatic heterocycles. The Labute approximate surface area is 149 Å². The van der Waals surface area contributed by atoms with Gasteiger partial charge in [0.15, 0.2) is 0 Å². The zero-order chi connectivity index (χ0) is 17.6. The van der Waals surface area contributed by atoms with Crippen LogP contribution >= 0.6 is 11.3 Å². The fourth-order valence-electron chi connectivity index (χ4n) is 2.07. The van der Waals surface area contributed by atoms with Crippen LogP contribution in [0, 0.1) is 6.92 Å². The van der Waals surface area contributed by atoms with E-state index in [0.29, 0.717) is 23.9 Å². The topological polar surface area (TPSA) is 80.2 Å². The highest BCUT2D eigenvalue weighted by Crippen LogP contribution is 2.21. The third-order valence-electron chi connectivity index (χ3n) is 3.28. The SMILES string of the molecule is Cc1ncc(CN(C)C(=O)Nc2ccc(Oc3cnccn3)cc2)s1. The molecule has 2 heterocycles. The summed E-state index contributed by atoms with van der Waals surface area (Å²) in [5, 5.41) is 3.84. The van der Waals surface area contributed by atoms with Crippen molar-refractivity contribution in [2.45, 2.75) is 13.5 Å². The van der Waals surface area contributed by atoms with Crippen molar-refractivity contribution < 1.29 is 9.53 Å². The van der Waals surface area contributed by atoms with Gasteiger partial charge >= 0.3 is 6.03 Å². The number of amides is 2. The highest BCUT2D eigenvalue weighted by molar-refractivity contribution is 7.11. The smallest absolute Gasteiger partial charge is 0.321 e. The van der Waals surface area contributed by atoms with Crippen LogP contribution in [0.25, 0.3) is 0 Å². The van der Waals surface area contributed by atoms with Gasteiger partial charge in [-0.15, -0.1) is 11.3 Å². The zero-order valence-corrected chi connectivity index (χ0v) is 14.7. The van der Waals surface area contributed by atoms with Crippen molar-refractivity contribution in [3.63, 3.8) is 0 Å². The van der Waals surface area contributed by atoms with Gasteiger partial charge in [-0.1, -0.05) is 0 Å². The molecule has 0 atom stereocenters. The van der Waals surface area contributed by atoms with Gasteiger partial charge in [0.1, 0.15) is 5.75 Å². The molecular formula is C17H17N5O2S.